The van der Waals surface area contributed by atoms with Crippen LogP contribution in [0.4, 0.5) is 0 Å². The van der Waals surface area contributed by atoms with Crippen LogP contribution in [0.25, 0.3) is 5.69 Å². The van der Waals surface area contributed by atoms with Crippen molar-refractivity contribution in [1.29, 1.82) is 0 Å². The molecule has 0 spiro atoms. The fraction of sp³-hybridized carbons (Fsp3) is 0.438. The van der Waals surface area contributed by atoms with Gasteiger partial charge in [-0.3, -0.25) is 9.36 Å². The minimum atomic E-state index is -3.36. The Hall–Kier alpha value is -2.30. The van der Waals surface area contributed by atoms with Gasteiger partial charge < -0.3 is 10.1 Å². The average molecular weight is 379 g/mol. The van der Waals surface area contributed by atoms with Crippen molar-refractivity contribution in [3.05, 3.63) is 42.5 Å². The largest absolute Gasteiger partial charge is 0.379 e. The molecule has 0 radical (unpaired) electrons. The SMILES string of the molecule is CN(C)S(=O)(=O)C[C@@H]1COC[C@H]1NC(=O)c1ccc(-n2cnnc2)cc1. The van der Waals surface area contributed by atoms with E-state index in [4.69, 9.17) is 4.74 Å². The first-order chi connectivity index (χ1) is 12.4. The van der Waals surface area contributed by atoms with E-state index in [1.54, 1.807) is 41.5 Å². The molecule has 1 aromatic carbocycles. The molecule has 1 aliphatic rings. The molecule has 26 heavy (non-hydrogen) atoms. The van der Waals surface area contributed by atoms with Crippen molar-refractivity contribution >= 4 is 15.9 Å². The molecule has 0 aliphatic carbocycles. The predicted octanol–water partition coefficient (Wildman–Crippen LogP) is -0.0965. The third kappa shape index (κ3) is 4.09. The monoisotopic (exact) mass is 379 g/mol. The summed E-state index contributed by atoms with van der Waals surface area (Å²) in [5, 5.41) is 10.4. The van der Waals surface area contributed by atoms with E-state index in [0.29, 0.717) is 18.8 Å². The van der Waals surface area contributed by atoms with Crippen molar-refractivity contribution in [2.45, 2.75) is 6.04 Å². The van der Waals surface area contributed by atoms with Gasteiger partial charge in [0.25, 0.3) is 5.91 Å². The van der Waals surface area contributed by atoms with E-state index in [1.807, 2.05) is 0 Å². The van der Waals surface area contributed by atoms with E-state index >= 15 is 0 Å². The lowest BCUT2D eigenvalue weighted by molar-refractivity contribution is 0.0926. The second-order valence-corrected chi connectivity index (χ2v) is 8.58. The van der Waals surface area contributed by atoms with Crippen LogP contribution in [0.3, 0.4) is 0 Å². The highest BCUT2D eigenvalue weighted by atomic mass is 32.2. The highest BCUT2D eigenvalue weighted by Gasteiger charge is 2.34. The highest BCUT2D eigenvalue weighted by Crippen LogP contribution is 2.18. The van der Waals surface area contributed by atoms with Gasteiger partial charge in [0.15, 0.2) is 0 Å². The number of nitrogens with one attached hydrogen (secondary N) is 1. The van der Waals surface area contributed by atoms with Crippen LogP contribution < -0.4 is 5.32 Å². The van der Waals surface area contributed by atoms with Gasteiger partial charge in [0.1, 0.15) is 12.7 Å². The van der Waals surface area contributed by atoms with Crippen molar-refractivity contribution in [1.82, 2.24) is 24.4 Å². The van der Waals surface area contributed by atoms with Crippen LogP contribution in [0.1, 0.15) is 10.4 Å². The number of carbonyl (C=O) groups excluding carboxylic acids is 1. The number of hydrogen-bond acceptors (Lipinski definition) is 6. The summed E-state index contributed by atoms with van der Waals surface area (Å²) in [6.07, 6.45) is 3.14. The Kier molecular flexibility index (Phi) is 5.35. The molecule has 1 saturated heterocycles. The summed E-state index contributed by atoms with van der Waals surface area (Å²) in [5.41, 5.74) is 1.33. The van der Waals surface area contributed by atoms with Crippen LogP contribution in [0.15, 0.2) is 36.9 Å². The molecule has 0 saturated carbocycles. The van der Waals surface area contributed by atoms with Crippen molar-refractivity contribution in [2.24, 2.45) is 5.92 Å². The van der Waals surface area contributed by atoms with Gasteiger partial charge in [0, 0.05) is 31.3 Å². The maximum atomic E-state index is 12.5. The summed E-state index contributed by atoms with van der Waals surface area (Å²) in [6.45, 7) is 0.614. The molecule has 1 aliphatic heterocycles. The molecule has 2 atom stereocenters. The number of nitrogens with zero attached hydrogens (tertiary/aromatic N) is 4. The molecule has 9 nitrogen and oxygen atoms in total. The van der Waals surface area contributed by atoms with Crippen molar-refractivity contribution < 1.29 is 17.9 Å². The number of hydrogen-bond donors (Lipinski definition) is 1. The zero-order chi connectivity index (χ0) is 18.7. The summed E-state index contributed by atoms with van der Waals surface area (Å²) in [5.74, 6) is -0.594. The minimum absolute atomic E-state index is 0.0580. The van der Waals surface area contributed by atoms with Gasteiger partial charge in [-0.2, -0.15) is 0 Å². The van der Waals surface area contributed by atoms with Crippen molar-refractivity contribution in [2.75, 3.05) is 33.1 Å². The summed E-state index contributed by atoms with van der Waals surface area (Å²) >= 11 is 0. The van der Waals surface area contributed by atoms with Crippen LogP contribution in [0.2, 0.25) is 0 Å². The van der Waals surface area contributed by atoms with Crippen LogP contribution >= 0.6 is 0 Å². The lowest BCUT2D eigenvalue weighted by Crippen LogP contribution is -2.43. The molecule has 1 N–H and O–H groups in total. The van der Waals surface area contributed by atoms with Gasteiger partial charge >= 0.3 is 0 Å². The number of benzene rings is 1. The Morgan fingerprint density at radius 2 is 1.88 bits per heavy atom. The maximum Gasteiger partial charge on any atom is 0.251 e. The quantitative estimate of drug-likeness (QED) is 0.751. The molecule has 140 valence electrons. The number of rotatable bonds is 6. The van der Waals surface area contributed by atoms with Crippen LogP contribution in [-0.2, 0) is 14.8 Å². The maximum absolute atomic E-state index is 12.5. The van der Waals surface area contributed by atoms with E-state index < -0.39 is 10.0 Å². The van der Waals surface area contributed by atoms with Crippen LogP contribution in [-0.4, -0.2) is 72.5 Å². The molecule has 1 fully saturated rings. The number of sulfonamides is 1. The second-order valence-electron chi connectivity index (χ2n) is 6.35. The Morgan fingerprint density at radius 3 is 2.50 bits per heavy atom. The van der Waals surface area contributed by atoms with Crippen LogP contribution in [0.5, 0.6) is 0 Å². The molecule has 1 aromatic heterocycles. The van der Waals surface area contributed by atoms with Gasteiger partial charge in [0.2, 0.25) is 10.0 Å². The third-order valence-corrected chi connectivity index (χ3v) is 6.30. The van der Waals surface area contributed by atoms with E-state index in [2.05, 4.69) is 15.5 Å². The first-order valence-corrected chi connectivity index (χ1v) is 9.71. The predicted molar refractivity (Wildman–Crippen MR) is 94.4 cm³/mol. The van der Waals surface area contributed by atoms with E-state index in [9.17, 15) is 13.2 Å². The summed E-state index contributed by atoms with van der Waals surface area (Å²) in [4.78, 5) is 12.5. The Labute approximate surface area is 152 Å². The lowest BCUT2D eigenvalue weighted by atomic mass is 10.1. The van der Waals surface area contributed by atoms with E-state index in [1.165, 1.54) is 18.4 Å². The standard InChI is InChI=1S/C16H21N5O4S/c1-20(2)26(23,24)9-13-7-25-8-15(13)19-16(22)12-3-5-14(6-4-12)21-10-17-18-11-21/h3-6,10-11,13,15H,7-9H2,1-2H3,(H,19,22)/t13-,15+/m0/s1. The number of aromatic nitrogens is 3. The molecule has 0 unspecified atom stereocenters. The topological polar surface area (TPSA) is 106 Å². The Bertz CT molecular complexity index is 849. The normalized spacial score (nSPS) is 20.4. The van der Waals surface area contributed by atoms with Gasteiger partial charge in [0.05, 0.1) is 25.0 Å². The lowest BCUT2D eigenvalue weighted by Gasteiger charge is -2.21. The number of amides is 1. The molecule has 10 heteroatoms. The Balaban J connectivity index is 1.65. The number of carbonyl (C=O) groups is 1. The van der Waals surface area contributed by atoms with E-state index in [0.717, 1.165) is 5.69 Å². The van der Waals surface area contributed by atoms with Gasteiger partial charge in [-0.25, -0.2) is 12.7 Å². The molecule has 3 rings (SSSR count). The van der Waals surface area contributed by atoms with E-state index in [-0.39, 0.29) is 23.6 Å². The second kappa shape index (κ2) is 7.52. The fourth-order valence-electron chi connectivity index (χ4n) is 2.71. The molecule has 2 heterocycles. The molecule has 2 aromatic rings. The van der Waals surface area contributed by atoms with Crippen molar-refractivity contribution in [3.63, 3.8) is 0 Å². The summed E-state index contributed by atoms with van der Waals surface area (Å²) in [6, 6.07) is 6.64. The smallest absolute Gasteiger partial charge is 0.251 e. The number of ether oxygens (including phenoxy) is 1. The molecule has 0 bridgehead atoms. The zero-order valence-electron chi connectivity index (χ0n) is 14.6. The van der Waals surface area contributed by atoms with Crippen LogP contribution in [0, 0.1) is 5.92 Å². The molecular formula is C16H21N5O4S. The molecule has 1 amide bonds. The average Bonchev–Trinajstić information content (AvgIpc) is 3.27. The van der Waals surface area contributed by atoms with Gasteiger partial charge in [-0.1, -0.05) is 0 Å². The minimum Gasteiger partial charge on any atom is -0.379 e. The van der Waals surface area contributed by atoms with Crippen molar-refractivity contribution in [3.8, 4) is 5.69 Å². The third-order valence-electron chi connectivity index (χ3n) is 4.34. The highest BCUT2D eigenvalue weighted by molar-refractivity contribution is 7.89. The van der Waals surface area contributed by atoms with Gasteiger partial charge in [-0.15, -0.1) is 10.2 Å². The summed E-state index contributed by atoms with van der Waals surface area (Å²) < 4.78 is 32.5. The van der Waals surface area contributed by atoms with Gasteiger partial charge in [-0.05, 0) is 24.3 Å². The Morgan fingerprint density at radius 1 is 1.23 bits per heavy atom. The summed E-state index contributed by atoms with van der Waals surface area (Å²) in [7, 11) is -0.366. The first-order valence-electron chi connectivity index (χ1n) is 8.11. The first kappa shape index (κ1) is 18.5. The zero-order valence-corrected chi connectivity index (χ0v) is 15.4. The molecular weight excluding hydrogens is 358 g/mol. The fourth-order valence-corrected chi connectivity index (χ4v) is 3.88.